The molecule has 1 aromatic rings. The summed E-state index contributed by atoms with van der Waals surface area (Å²) in [5.41, 5.74) is 0.662. The van der Waals surface area contributed by atoms with Crippen molar-refractivity contribution in [3.8, 4) is 5.75 Å². The number of anilines is 1. The summed E-state index contributed by atoms with van der Waals surface area (Å²) >= 11 is 0. The third-order valence-electron chi connectivity index (χ3n) is 6.17. The predicted octanol–water partition coefficient (Wildman–Crippen LogP) is 1.05. The van der Waals surface area contributed by atoms with E-state index >= 15 is 0 Å². The lowest BCUT2D eigenvalue weighted by Gasteiger charge is -2.53. The molecule has 1 unspecified atom stereocenters. The van der Waals surface area contributed by atoms with Crippen LogP contribution in [0, 0.1) is 0 Å². The molecular formula is C21H34N4O4. The van der Waals surface area contributed by atoms with Gasteiger partial charge in [0.1, 0.15) is 5.75 Å². The number of amides is 2. The maximum atomic E-state index is 12.8. The number of β-amino-alcohol motifs (C(OH)–C–C–N with tert-alkyl or cyclic N) is 1. The monoisotopic (exact) mass is 406 g/mol. The molecule has 1 aromatic carbocycles. The maximum absolute atomic E-state index is 12.8. The van der Waals surface area contributed by atoms with Crippen molar-refractivity contribution in [2.24, 2.45) is 0 Å². The first kappa shape index (κ1) is 21.8. The van der Waals surface area contributed by atoms with Gasteiger partial charge in [-0.1, -0.05) is 0 Å². The van der Waals surface area contributed by atoms with Crippen LogP contribution in [0.3, 0.4) is 0 Å². The second-order valence-electron chi connectivity index (χ2n) is 8.47. The predicted molar refractivity (Wildman–Crippen MR) is 112 cm³/mol. The average Bonchev–Trinajstić information content (AvgIpc) is 2.69. The highest BCUT2D eigenvalue weighted by Crippen LogP contribution is 2.30. The highest BCUT2D eigenvalue weighted by atomic mass is 16.5. The van der Waals surface area contributed by atoms with E-state index < -0.39 is 12.2 Å². The van der Waals surface area contributed by atoms with Gasteiger partial charge in [0.05, 0.1) is 25.9 Å². The number of aliphatic hydroxyl groups excluding tert-OH is 2. The maximum Gasteiger partial charge on any atom is 0.321 e. The van der Waals surface area contributed by atoms with E-state index in [1.807, 2.05) is 0 Å². The van der Waals surface area contributed by atoms with Crippen molar-refractivity contribution in [1.82, 2.24) is 14.7 Å². The lowest BCUT2D eigenvalue weighted by molar-refractivity contribution is -0.0941. The van der Waals surface area contributed by atoms with Crippen LogP contribution in [0.25, 0.3) is 0 Å². The fourth-order valence-corrected chi connectivity index (χ4v) is 4.00. The molecule has 0 spiro atoms. The summed E-state index contributed by atoms with van der Waals surface area (Å²) in [6.45, 7) is 6.32. The molecule has 29 heavy (non-hydrogen) atoms. The molecule has 0 saturated carbocycles. The smallest absolute Gasteiger partial charge is 0.321 e. The second kappa shape index (κ2) is 9.30. The topological polar surface area (TPSA) is 88.5 Å². The number of ether oxygens (including phenoxy) is 1. The molecule has 2 aliphatic rings. The molecule has 3 N–H and O–H groups in total. The number of methoxy groups -OCH3 is 1. The first-order chi connectivity index (χ1) is 13.8. The third kappa shape index (κ3) is 5.19. The number of nitrogens with zero attached hydrogens (tertiary/aromatic N) is 3. The van der Waals surface area contributed by atoms with Crippen LogP contribution in [0.1, 0.15) is 20.3 Å². The Morgan fingerprint density at radius 2 is 1.86 bits per heavy atom. The van der Waals surface area contributed by atoms with Gasteiger partial charge in [0.25, 0.3) is 0 Å². The Balaban J connectivity index is 1.65. The van der Waals surface area contributed by atoms with Crippen LogP contribution in [0.15, 0.2) is 24.3 Å². The molecule has 2 saturated heterocycles. The van der Waals surface area contributed by atoms with Gasteiger partial charge in [0, 0.05) is 43.4 Å². The van der Waals surface area contributed by atoms with Crippen LogP contribution >= 0.6 is 0 Å². The highest BCUT2D eigenvalue weighted by Gasteiger charge is 2.44. The number of aliphatic hydroxyl groups is 2. The molecule has 0 radical (unpaired) electrons. The first-order valence-electron chi connectivity index (χ1n) is 10.3. The number of nitrogens with one attached hydrogen (secondary N) is 1. The minimum atomic E-state index is -0.971. The van der Waals surface area contributed by atoms with Crippen molar-refractivity contribution in [2.75, 3.05) is 45.7 Å². The van der Waals surface area contributed by atoms with Gasteiger partial charge in [-0.2, -0.15) is 0 Å². The Labute approximate surface area is 173 Å². The normalized spacial score (nSPS) is 27.8. The van der Waals surface area contributed by atoms with Crippen molar-refractivity contribution in [1.29, 1.82) is 0 Å². The molecule has 162 valence electrons. The number of benzene rings is 1. The Kier molecular flexibility index (Phi) is 7.00. The Morgan fingerprint density at radius 1 is 1.21 bits per heavy atom. The summed E-state index contributed by atoms with van der Waals surface area (Å²) < 4.78 is 5.14. The summed E-state index contributed by atoms with van der Waals surface area (Å²) in [5.74, 6) is 0.718. The van der Waals surface area contributed by atoms with Gasteiger partial charge in [-0.25, -0.2) is 4.79 Å². The molecule has 2 amide bonds. The van der Waals surface area contributed by atoms with Crippen LogP contribution in [0.2, 0.25) is 0 Å². The second-order valence-corrected chi connectivity index (χ2v) is 8.47. The van der Waals surface area contributed by atoms with Gasteiger partial charge in [-0.05, 0) is 51.6 Å². The SMILES string of the molecule is COc1ccc(NC(=O)N2C[C@H]3C[C@@H](CN(C)C(C)C)N3CC(O)[C@H](O)C2)cc1. The molecule has 2 fully saturated rings. The number of urea groups is 1. The molecule has 2 aliphatic heterocycles. The minimum absolute atomic E-state index is 0.115. The van der Waals surface area contributed by atoms with Crippen molar-refractivity contribution >= 4 is 11.7 Å². The summed E-state index contributed by atoms with van der Waals surface area (Å²) in [7, 11) is 3.69. The number of hydrogen-bond acceptors (Lipinski definition) is 6. The molecule has 8 nitrogen and oxygen atoms in total. The largest absolute Gasteiger partial charge is 0.497 e. The van der Waals surface area contributed by atoms with E-state index in [4.69, 9.17) is 4.74 Å². The van der Waals surface area contributed by atoms with Gasteiger partial charge in [0.15, 0.2) is 0 Å². The van der Waals surface area contributed by atoms with E-state index in [2.05, 4.69) is 36.0 Å². The summed E-state index contributed by atoms with van der Waals surface area (Å²) in [5, 5.41) is 23.7. The van der Waals surface area contributed by atoms with Crippen molar-refractivity contribution in [3.05, 3.63) is 24.3 Å². The molecule has 2 heterocycles. The van der Waals surface area contributed by atoms with Gasteiger partial charge >= 0.3 is 6.03 Å². The average molecular weight is 407 g/mol. The quantitative estimate of drug-likeness (QED) is 0.677. The molecule has 0 bridgehead atoms. The number of carbonyl (C=O) groups excluding carboxylic acids is 1. The zero-order valence-electron chi connectivity index (χ0n) is 17.8. The minimum Gasteiger partial charge on any atom is -0.497 e. The van der Waals surface area contributed by atoms with E-state index in [1.54, 1.807) is 36.3 Å². The van der Waals surface area contributed by atoms with Crippen molar-refractivity contribution in [3.63, 3.8) is 0 Å². The van der Waals surface area contributed by atoms with E-state index in [9.17, 15) is 15.0 Å². The number of likely N-dealkylation sites (N-methyl/N-ethyl adjacent to an activating group) is 1. The zero-order chi connectivity index (χ0) is 21.1. The fourth-order valence-electron chi connectivity index (χ4n) is 4.00. The number of fused-ring (bicyclic) bond motifs is 1. The third-order valence-corrected chi connectivity index (χ3v) is 6.17. The molecule has 8 heteroatoms. The van der Waals surface area contributed by atoms with E-state index in [1.165, 1.54) is 0 Å². The van der Waals surface area contributed by atoms with Gasteiger partial charge in [-0.15, -0.1) is 0 Å². The van der Waals surface area contributed by atoms with Crippen LogP contribution in [-0.2, 0) is 0 Å². The summed E-state index contributed by atoms with van der Waals surface area (Å²) in [4.78, 5) is 19.0. The molecule has 0 aromatic heterocycles. The molecular weight excluding hydrogens is 372 g/mol. The first-order valence-corrected chi connectivity index (χ1v) is 10.3. The van der Waals surface area contributed by atoms with E-state index in [-0.39, 0.29) is 18.6 Å². The van der Waals surface area contributed by atoms with Gasteiger partial charge in [-0.3, -0.25) is 4.90 Å². The summed E-state index contributed by atoms with van der Waals surface area (Å²) in [6.07, 6.45) is -0.866. The lowest BCUT2D eigenvalue weighted by atomic mass is 9.89. The van der Waals surface area contributed by atoms with Gasteiger partial charge < -0.3 is 30.1 Å². The highest BCUT2D eigenvalue weighted by molar-refractivity contribution is 5.89. The Hall–Kier alpha value is -1.87. The Morgan fingerprint density at radius 3 is 2.48 bits per heavy atom. The molecule has 3 rings (SSSR count). The van der Waals surface area contributed by atoms with Crippen LogP contribution in [-0.4, -0.2) is 102 Å². The summed E-state index contributed by atoms with van der Waals surface area (Å²) in [6, 6.07) is 7.83. The number of carbonyl (C=O) groups is 1. The van der Waals surface area contributed by atoms with Crippen LogP contribution in [0.5, 0.6) is 5.75 Å². The van der Waals surface area contributed by atoms with Crippen molar-refractivity contribution in [2.45, 2.75) is 50.6 Å². The van der Waals surface area contributed by atoms with Crippen LogP contribution in [0.4, 0.5) is 10.5 Å². The number of hydrogen-bond donors (Lipinski definition) is 3. The zero-order valence-corrected chi connectivity index (χ0v) is 17.8. The number of rotatable bonds is 5. The Bertz CT molecular complexity index is 684. The standard InChI is InChI=1S/C21H34N4O4/c1-14(2)23(3)10-16-9-17-11-24(12-19(26)20(27)13-25(16)17)21(28)22-15-5-7-18(29-4)8-6-15/h5-8,14,16-17,19-20,26-27H,9-13H2,1-4H3,(H,22,28)/t16-,17+,19+,20?/m0/s1. The van der Waals surface area contributed by atoms with Gasteiger partial charge in [0.2, 0.25) is 0 Å². The fraction of sp³-hybridized carbons (Fsp3) is 0.667. The lowest BCUT2D eigenvalue weighted by Crippen LogP contribution is -2.68. The van der Waals surface area contributed by atoms with E-state index in [0.717, 1.165) is 18.7 Å². The van der Waals surface area contributed by atoms with Crippen LogP contribution < -0.4 is 10.1 Å². The van der Waals surface area contributed by atoms with E-state index in [0.29, 0.717) is 30.9 Å². The molecule has 0 aliphatic carbocycles. The molecule has 4 atom stereocenters. The van der Waals surface area contributed by atoms with Crippen molar-refractivity contribution < 1.29 is 19.7 Å².